The van der Waals surface area contributed by atoms with Crippen molar-refractivity contribution in [3.63, 3.8) is 0 Å². The molecule has 2 aliphatic rings. The van der Waals surface area contributed by atoms with Crippen LogP contribution in [0.1, 0.15) is 48.8 Å². The molecule has 0 aliphatic carbocycles. The molecular weight excluding hydrogens is 342 g/mol. The van der Waals surface area contributed by atoms with Crippen molar-refractivity contribution < 1.29 is 14.7 Å². The average Bonchev–Trinajstić information content (AvgIpc) is 3.24. The number of carbonyl (C=O) groups is 2. The van der Waals surface area contributed by atoms with Crippen LogP contribution in [0.2, 0.25) is 0 Å². The van der Waals surface area contributed by atoms with E-state index in [9.17, 15) is 14.7 Å². The van der Waals surface area contributed by atoms with Crippen LogP contribution in [0, 0.1) is 12.3 Å². The highest BCUT2D eigenvalue weighted by atomic mass is 16.4. The van der Waals surface area contributed by atoms with Crippen LogP contribution in [0.5, 0.6) is 0 Å². The van der Waals surface area contributed by atoms with Gasteiger partial charge in [-0.1, -0.05) is 37.3 Å². The van der Waals surface area contributed by atoms with E-state index in [0.717, 1.165) is 18.4 Å². The van der Waals surface area contributed by atoms with Gasteiger partial charge in [-0.15, -0.1) is 0 Å². The zero-order chi connectivity index (χ0) is 19.2. The summed E-state index contributed by atoms with van der Waals surface area (Å²) >= 11 is 0. The van der Waals surface area contributed by atoms with E-state index in [1.807, 2.05) is 37.3 Å². The van der Waals surface area contributed by atoms with E-state index in [1.165, 1.54) is 0 Å². The third kappa shape index (κ3) is 2.62. The van der Waals surface area contributed by atoms with E-state index in [-0.39, 0.29) is 18.0 Å². The van der Waals surface area contributed by atoms with Gasteiger partial charge in [0.25, 0.3) is 5.91 Å². The Kier molecular flexibility index (Phi) is 4.21. The summed E-state index contributed by atoms with van der Waals surface area (Å²) in [6.07, 6.45) is 4.24. The first-order valence-corrected chi connectivity index (χ1v) is 9.43. The van der Waals surface area contributed by atoms with Crippen molar-refractivity contribution in [1.82, 2.24) is 14.9 Å². The van der Waals surface area contributed by atoms with E-state index < -0.39 is 11.4 Å². The van der Waals surface area contributed by atoms with Gasteiger partial charge in [-0.05, 0) is 32.6 Å². The number of carboxylic acid groups (broad SMARTS) is 1. The number of aromatic nitrogens is 2. The molecule has 0 radical (unpaired) electrons. The Morgan fingerprint density at radius 3 is 2.63 bits per heavy atom. The topological polar surface area (TPSA) is 83.4 Å². The number of aliphatic carboxylic acids is 1. The summed E-state index contributed by atoms with van der Waals surface area (Å²) in [6.45, 7) is 3.70. The van der Waals surface area contributed by atoms with E-state index in [4.69, 9.17) is 0 Å². The summed E-state index contributed by atoms with van der Waals surface area (Å²) in [5.41, 5.74) is 1.08. The smallest absolute Gasteiger partial charge is 0.311 e. The van der Waals surface area contributed by atoms with E-state index in [2.05, 4.69) is 9.97 Å². The van der Waals surface area contributed by atoms with Gasteiger partial charge in [0, 0.05) is 23.8 Å². The Bertz CT molecular complexity index is 899. The number of hydrogen-bond acceptors (Lipinski definition) is 4. The number of nitrogens with zero attached hydrogens (tertiary/aromatic N) is 3. The maximum atomic E-state index is 13.5. The van der Waals surface area contributed by atoms with Crippen molar-refractivity contribution in [2.45, 2.75) is 51.6 Å². The predicted octanol–water partition coefficient (Wildman–Crippen LogP) is 3.31. The molecule has 3 heterocycles. The van der Waals surface area contributed by atoms with Crippen LogP contribution < -0.4 is 0 Å². The fraction of sp³-hybridized carbons (Fsp3) is 0.429. The van der Waals surface area contributed by atoms with Crippen LogP contribution in [0.4, 0.5) is 0 Å². The van der Waals surface area contributed by atoms with Gasteiger partial charge < -0.3 is 10.0 Å². The standard InChI is InChI=1S/C21H23N3O3/c1-3-21(20(26)27)11-15-9-10-17(21)24(15)19(25)16-12-22-13(2)23-18(16)14-7-5-4-6-8-14/h4-8,12,15,17H,3,9-11H2,1-2H3,(H,26,27)/t15-,17+,21+/m0/s1. The summed E-state index contributed by atoms with van der Waals surface area (Å²) < 4.78 is 0. The highest BCUT2D eigenvalue weighted by molar-refractivity contribution is 6.01. The molecule has 4 rings (SSSR count). The number of carbonyl (C=O) groups excluding carboxylic acids is 1. The normalized spacial score (nSPS) is 26.4. The third-order valence-corrected chi connectivity index (χ3v) is 6.22. The number of carboxylic acids is 1. The Morgan fingerprint density at radius 2 is 2.00 bits per heavy atom. The van der Waals surface area contributed by atoms with Crippen molar-refractivity contribution >= 4 is 11.9 Å². The van der Waals surface area contributed by atoms with Crippen molar-refractivity contribution in [2.75, 3.05) is 0 Å². The van der Waals surface area contributed by atoms with Gasteiger partial charge in [0.15, 0.2) is 0 Å². The third-order valence-electron chi connectivity index (χ3n) is 6.22. The van der Waals surface area contributed by atoms with Crippen molar-refractivity contribution in [3.8, 4) is 11.3 Å². The molecule has 2 fully saturated rings. The Morgan fingerprint density at radius 1 is 1.26 bits per heavy atom. The van der Waals surface area contributed by atoms with E-state index in [0.29, 0.717) is 29.9 Å². The first-order valence-electron chi connectivity index (χ1n) is 9.43. The molecule has 0 saturated carbocycles. The van der Waals surface area contributed by atoms with Crippen LogP contribution >= 0.6 is 0 Å². The van der Waals surface area contributed by atoms with Gasteiger partial charge >= 0.3 is 5.97 Å². The molecule has 0 spiro atoms. The van der Waals surface area contributed by atoms with E-state index in [1.54, 1.807) is 18.0 Å². The second kappa shape index (κ2) is 6.44. The maximum Gasteiger partial charge on any atom is 0.311 e. The lowest BCUT2D eigenvalue weighted by atomic mass is 9.72. The summed E-state index contributed by atoms with van der Waals surface area (Å²) in [5.74, 6) is -0.348. The first kappa shape index (κ1) is 17.6. The van der Waals surface area contributed by atoms with Gasteiger partial charge in [0.05, 0.1) is 16.7 Å². The quantitative estimate of drug-likeness (QED) is 0.899. The minimum Gasteiger partial charge on any atom is -0.481 e. The molecule has 140 valence electrons. The van der Waals surface area contributed by atoms with Gasteiger partial charge in [0.2, 0.25) is 0 Å². The van der Waals surface area contributed by atoms with Gasteiger partial charge in [-0.25, -0.2) is 9.97 Å². The number of rotatable bonds is 4. The zero-order valence-electron chi connectivity index (χ0n) is 15.6. The molecule has 1 aromatic heterocycles. The fourth-order valence-electron chi connectivity index (χ4n) is 4.83. The summed E-state index contributed by atoms with van der Waals surface area (Å²) in [4.78, 5) is 36.1. The Hall–Kier alpha value is -2.76. The molecule has 6 nitrogen and oxygen atoms in total. The second-order valence-electron chi connectivity index (χ2n) is 7.52. The molecule has 2 aliphatic heterocycles. The molecule has 27 heavy (non-hydrogen) atoms. The Labute approximate surface area is 158 Å². The molecule has 2 aromatic rings. The van der Waals surface area contributed by atoms with Crippen LogP contribution in [0.3, 0.4) is 0 Å². The van der Waals surface area contributed by atoms with Crippen LogP contribution in [-0.2, 0) is 4.79 Å². The van der Waals surface area contributed by atoms with Crippen LogP contribution in [-0.4, -0.2) is 43.9 Å². The lowest BCUT2D eigenvalue weighted by molar-refractivity contribution is -0.151. The number of hydrogen-bond donors (Lipinski definition) is 1. The monoisotopic (exact) mass is 365 g/mol. The predicted molar refractivity (Wildman–Crippen MR) is 100 cm³/mol. The molecule has 0 unspecified atom stereocenters. The number of aryl methyl sites for hydroxylation is 1. The van der Waals surface area contributed by atoms with Gasteiger partial charge in [0.1, 0.15) is 5.82 Å². The average molecular weight is 365 g/mol. The summed E-state index contributed by atoms with van der Waals surface area (Å²) in [6, 6.07) is 9.30. The fourth-order valence-corrected chi connectivity index (χ4v) is 4.83. The molecule has 2 saturated heterocycles. The highest BCUT2D eigenvalue weighted by Crippen LogP contribution is 2.52. The molecular formula is C21H23N3O3. The lowest BCUT2D eigenvalue weighted by Crippen LogP contribution is -2.45. The lowest BCUT2D eigenvalue weighted by Gasteiger charge is -2.32. The molecule has 6 heteroatoms. The van der Waals surface area contributed by atoms with Gasteiger partial charge in [-0.3, -0.25) is 9.59 Å². The molecule has 3 atom stereocenters. The van der Waals surface area contributed by atoms with Crippen molar-refractivity contribution in [1.29, 1.82) is 0 Å². The summed E-state index contributed by atoms with van der Waals surface area (Å²) in [7, 11) is 0. The SMILES string of the molecule is CC[C@@]1(C(=O)O)C[C@@H]2CC[C@H]1N2C(=O)c1cnc(C)nc1-c1ccccc1. The molecule has 1 amide bonds. The largest absolute Gasteiger partial charge is 0.481 e. The van der Waals surface area contributed by atoms with Crippen LogP contribution in [0.15, 0.2) is 36.5 Å². The zero-order valence-corrected chi connectivity index (χ0v) is 15.6. The minimum atomic E-state index is -0.836. The highest BCUT2D eigenvalue weighted by Gasteiger charge is 2.60. The second-order valence-corrected chi connectivity index (χ2v) is 7.52. The van der Waals surface area contributed by atoms with Crippen molar-refractivity contribution in [2.24, 2.45) is 5.41 Å². The molecule has 1 aromatic carbocycles. The molecule has 1 N–H and O–H groups in total. The van der Waals surface area contributed by atoms with E-state index >= 15 is 0 Å². The first-order chi connectivity index (χ1) is 13.0. The van der Waals surface area contributed by atoms with Gasteiger partial charge in [-0.2, -0.15) is 0 Å². The number of amides is 1. The number of benzene rings is 1. The maximum absolute atomic E-state index is 13.5. The number of fused-ring (bicyclic) bond motifs is 2. The summed E-state index contributed by atoms with van der Waals surface area (Å²) in [5, 5.41) is 9.86. The van der Waals surface area contributed by atoms with Crippen LogP contribution in [0.25, 0.3) is 11.3 Å². The molecule has 2 bridgehead atoms. The minimum absolute atomic E-state index is 0.0246. The Balaban J connectivity index is 1.76. The van der Waals surface area contributed by atoms with Crippen molar-refractivity contribution in [3.05, 3.63) is 47.9 Å².